The van der Waals surface area contributed by atoms with Crippen LogP contribution in [0.3, 0.4) is 0 Å². The Morgan fingerprint density at radius 3 is 2.29 bits per heavy atom. The summed E-state index contributed by atoms with van der Waals surface area (Å²) in [4.78, 5) is 6.46. The molecule has 0 spiro atoms. The van der Waals surface area contributed by atoms with Crippen LogP contribution in [0.5, 0.6) is 0 Å². The number of hydrogen-bond acceptors (Lipinski definition) is 3. The topological polar surface area (TPSA) is 36.4 Å². The second-order valence-corrected chi connectivity index (χ2v) is 6.02. The molecule has 1 fully saturated rings. The van der Waals surface area contributed by atoms with Gasteiger partial charge in [-0.25, -0.2) is 0 Å². The highest BCUT2D eigenvalue weighted by molar-refractivity contribution is 5.17. The van der Waals surface area contributed by atoms with Crippen LogP contribution < -0.4 is 0 Å². The van der Waals surface area contributed by atoms with Gasteiger partial charge in [0.05, 0.1) is 5.60 Å². The Morgan fingerprint density at radius 2 is 1.62 bits per heavy atom. The van der Waals surface area contributed by atoms with Crippen molar-refractivity contribution in [2.75, 3.05) is 13.1 Å². The van der Waals surface area contributed by atoms with Crippen LogP contribution in [0.4, 0.5) is 0 Å². The van der Waals surface area contributed by atoms with Gasteiger partial charge in [0.2, 0.25) is 0 Å². The maximum absolute atomic E-state index is 10.8. The SMILES string of the molecule is OC1(Cc2ccccc2)CCN(Cc2ccncc2)CC1. The molecule has 0 amide bonds. The minimum atomic E-state index is -0.546. The zero-order chi connectivity index (χ0) is 14.5. The van der Waals surface area contributed by atoms with Gasteiger partial charge in [-0.3, -0.25) is 9.88 Å². The van der Waals surface area contributed by atoms with Crippen LogP contribution in [-0.2, 0) is 13.0 Å². The summed E-state index contributed by atoms with van der Waals surface area (Å²) in [6.07, 6.45) is 6.12. The Morgan fingerprint density at radius 1 is 0.952 bits per heavy atom. The molecule has 2 heterocycles. The molecular weight excluding hydrogens is 260 g/mol. The van der Waals surface area contributed by atoms with Crippen molar-refractivity contribution in [3.63, 3.8) is 0 Å². The fourth-order valence-electron chi connectivity index (χ4n) is 3.03. The van der Waals surface area contributed by atoms with Gasteiger partial charge < -0.3 is 5.11 Å². The molecule has 110 valence electrons. The zero-order valence-electron chi connectivity index (χ0n) is 12.3. The van der Waals surface area contributed by atoms with Crippen molar-refractivity contribution in [3.8, 4) is 0 Å². The molecule has 0 bridgehead atoms. The van der Waals surface area contributed by atoms with Crippen LogP contribution in [0.15, 0.2) is 54.9 Å². The third-order valence-electron chi connectivity index (χ3n) is 4.32. The van der Waals surface area contributed by atoms with Crippen molar-refractivity contribution in [2.24, 2.45) is 0 Å². The highest BCUT2D eigenvalue weighted by Gasteiger charge is 2.32. The van der Waals surface area contributed by atoms with Crippen LogP contribution in [0, 0.1) is 0 Å². The average Bonchev–Trinajstić information content (AvgIpc) is 2.52. The number of likely N-dealkylation sites (tertiary alicyclic amines) is 1. The number of pyridine rings is 1. The minimum absolute atomic E-state index is 0.546. The molecule has 0 unspecified atom stereocenters. The molecule has 0 saturated carbocycles. The lowest BCUT2D eigenvalue weighted by Crippen LogP contribution is -2.45. The van der Waals surface area contributed by atoms with E-state index in [1.165, 1.54) is 11.1 Å². The number of nitrogens with zero attached hydrogens (tertiary/aromatic N) is 2. The van der Waals surface area contributed by atoms with E-state index in [0.29, 0.717) is 0 Å². The molecule has 3 rings (SSSR count). The number of benzene rings is 1. The molecule has 2 aromatic rings. The van der Waals surface area contributed by atoms with E-state index in [1.807, 2.05) is 30.6 Å². The molecular formula is C18H22N2O. The third-order valence-corrected chi connectivity index (χ3v) is 4.32. The van der Waals surface area contributed by atoms with Crippen molar-refractivity contribution in [2.45, 2.75) is 31.4 Å². The zero-order valence-corrected chi connectivity index (χ0v) is 12.3. The second-order valence-electron chi connectivity index (χ2n) is 6.02. The summed E-state index contributed by atoms with van der Waals surface area (Å²) in [5.74, 6) is 0. The quantitative estimate of drug-likeness (QED) is 0.936. The van der Waals surface area contributed by atoms with Crippen molar-refractivity contribution in [1.82, 2.24) is 9.88 Å². The molecule has 0 radical (unpaired) electrons. The van der Waals surface area contributed by atoms with E-state index in [2.05, 4.69) is 34.1 Å². The predicted molar refractivity (Wildman–Crippen MR) is 83.8 cm³/mol. The monoisotopic (exact) mass is 282 g/mol. The summed E-state index contributed by atoms with van der Waals surface area (Å²) in [5, 5.41) is 10.8. The van der Waals surface area contributed by atoms with Crippen LogP contribution in [0.2, 0.25) is 0 Å². The normalized spacial score (nSPS) is 18.5. The first-order valence-corrected chi connectivity index (χ1v) is 7.61. The van der Waals surface area contributed by atoms with Crippen molar-refractivity contribution in [3.05, 3.63) is 66.0 Å². The summed E-state index contributed by atoms with van der Waals surface area (Å²) in [6, 6.07) is 14.4. The number of aliphatic hydroxyl groups is 1. The van der Waals surface area contributed by atoms with Crippen LogP contribution in [0.1, 0.15) is 24.0 Å². The first-order valence-electron chi connectivity index (χ1n) is 7.61. The summed E-state index contributed by atoms with van der Waals surface area (Å²) in [5.41, 5.74) is 1.97. The van der Waals surface area contributed by atoms with Gasteiger partial charge in [0, 0.05) is 38.4 Å². The van der Waals surface area contributed by atoms with Crippen LogP contribution in [-0.4, -0.2) is 33.7 Å². The third kappa shape index (κ3) is 3.90. The Balaban J connectivity index is 1.54. The van der Waals surface area contributed by atoms with Gasteiger partial charge in [0.25, 0.3) is 0 Å². The Kier molecular flexibility index (Phi) is 4.32. The van der Waals surface area contributed by atoms with Crippen molar-refractivity contribution >= 4 is 0 Å². The van der Waals surface area contributed by atoms with Gasteiger partial charge in [0.15, 0.2) is 0 Å². The maximum atomic E-state index is 10.8. The molecule has 1 aromatic carbocycles. The lowest BCUT2D eigenvalue weighted by atomic mass is 9.85. The van der Waals surface area contributed by atoms with E-state index in [1.54, 1.807) is 0 Å². The van der Waals surface area contributed by atoms with E-state index in [0.717, 1.165) is 38.9 Å². The molecule has 0 atom stereocenters. The van der Waals surface area contributed by atoms with E-state index in [-0.39, 0.29) is 0 Å². The van der Waals surface area contributed by atoms with Crippen molar-refractivity contribution < 1.29 is 5.11 Å². The highest BCUT2D eigenvalue weighted by atomic mass is 16.3. The van der Waals surface area contributed by atoms with Crippen LogP contribution in [0.25, 0.3) is 0 Å². The van der Waals surface area contributed by atoms with Gasteiger partial charge in [-0.15, -0.1) is 0 Å². The summed E-state index contributed by atoms with van der Waals surface area (Å²) in [7, 11) is 0. The molecule has 1 aromatic heterocycles. The van der Waals surface area contributed by atoms with E-state index >= 15 is 0 Å². The molecule has 1 aliphatic heterocycles. The smallest absolute Gasteiger partial charge is 0.0712 e. The Hall–Kier alpha value is -1.71. The molecule has 0 aliphatic carbocycles. The standard InChI is InChI=1S/C18H22N2O/c21-18(14-16-4-2-1-3-5-16)8-12-20(13-9-18)15-17-6-10-19-11-7-17/h1-7,10-11,21H,8-9,12-15H2. The lowest BCUT2D eigenvalue weighted by molar-refractivity contribution is -0.0224. The van der Waals surface area contributed by atoms with E-state index < -0.39 is 5.60 Å². The number of piperidine rings is 1. The summed E-state index contributed by atoms with van der Waals surface area (Å²) >= 11 is 0. The maximum Gasteiger partial charge on any atom is 0.0712 e. The number of hydrogen-bond donors (Lipinski definition) is 1. The molecule has 3 nitrogen and oxygen atoms in total. The fourth-order valence-corrected chi connectivity index (χ4v) is 3.03. The average molecular weight is 282 g/mol. The van der Waals surface area contributed by atoms with Gasteiger partial charge >= 0.3 is 0 Å². The first-order chi connectivity index (χ1) is 10.2. The Labute approximate surface area is 126 Å². The van der Waals surface area contributed by atoms with Crippen molar-refractivity contribution in [1.29, 1.82) is 0 Å². The molecule has 3 heteroatoms. The second kappa shape index (κ2) is 6.37. The minimum Gasteiger partial charge on any atom is -0.389 e. The van der Waals surface area contributed by atoms with Gasteiger partial charge in [-0.05, 0) is 36.1 Å². The molecule has 1 N–H and O–H groups in total. The Bertz CT molecular complexity index is 548. The first kappa shape index (κ1) is 14.2. The van der Waals surface area contributed by atoms with Crippen LogP contribution >= 0.6 is 0 Å². The molecule has 21 heavy (non-hydrogen) atoms. The lowest BCUT2D eigenvalue weighted by Gasteiger charge is -2.38. The summed E-state index contributed by atoms with van der Waals surface area (Å²) in [6.45, 7) is 2.85. The number of aromatic nitrogens is 1. The van der Waals surface area contributed by atoms with Gasteiger partial charge in [-0.1, -0.05) is 30.3 Å². The molecule has 1 saturated heterocycles. The number of rotatable bonds is 4. The highest BCUT2D eigenvalue weighted by Crippen LogP contribution is 2.27. The fraction of sp³-hybridized carbons (Fsp3) is 0.389. The molecule has 1 aliphatic rings. The van der Waals surface area contributed by atoms with Gasteiger partial charge in [-0.2, -0.15) is 0 Å². The van der Waals surface area contributed by atoms with Gasteiger partial charge in [0.1, 0.15) is 0 Å². The predicted octanol–water partition coefficient (Wildman–Crippen LogP) is 2.65. The summed E-state index contributed by atoms with van der Waals surface area (Å²) < 4.78 is 0. The largest absolute Gasteiger partial charge is 0.389 e. The van der Waals surface area contributed by atoms with E-state index in [4.69, 9.17) is 0 Å². The van der Waals surface area contributed by atoms with E-state index in [9.17, 15) is 5.11 Å².